The predicted molar refractivity (Wildman–Crippen MR) is 87.5 cm³/mol. The maximum atomic E-state index is 11.9. The zero-order chi connectivity index (χ0) is 15.2. The van der Waals surface area contributed by atoms with E-state index in [1.165, 1.54) is 6.92 Å². The average Bonchev–Trinajstić information content (AvgIpc) is 2.41. The lowest BCUT2D eigenvalue weighted by Gasteiger charge is -2.09. The van der Waals surface area contributed by atoms with Crippen LogP contribution in [0, 0.1) is 0 Å². The molecule has 0 saturated carbocycles. The van der Waals surface area contributed by atoms with Crippen LogP contribution in [0.4, 0.5) is 21.9 Å². The van der Waals surface area contributed by atoms with Crippen molar-refractivity contribution in [1.29, 1.82) is 0 Å². The average molecular weight is 348 g/mol. The summed E-state index contributed by atoms with van der Waals surface area (Å²) in [5.41, 5.74) is 1.91. The van der Waals surface area contributed by atoms with Gasteiger partial charge < -0.3 is 16.0 Å². The number of anilines is 3. The van der Waals surface area contributed by atoms with Crippen molar-refractivity contribution in [2.24, 2.45) is 0 Å². The number of halogens is 1. The summed E-state index contributed by atoms with van der Waals surface area (Å²) in [7, 11) is 0. The minimum absolute atomic E-state index is 0.161. The molecule has 0 radical (unpaired) electrons. The van der Waals surface area contributed by atoms with Crippen LogP contribution < -0.4 is 16.0 Å². The van der Waals surface area contributed by atoms with Gasteiger partial charge in [-0.2, -0.15) is 0 Å². The Bertz CT molecular complexity index is 656. The van der Waals surface area contributed by atoms with E-state index in [-0.39, 0.29) is 11.9 Å². The van der Waals surface area contributed by atoms with Crippen molar-refractivity contribution in [2.45, 2.75) is 6.92 Å². The Morgan fingerprint density at radius 3 is 2.05 bits per heavy atom. The molecule has 2 rings (SSSR count). The summed E-state index contributed by atoms with van der Waals surface area (Å²) in [5.74, 6) is -0.161. The van der Waals surface area contributed by atoms with Crippen LogP contribution in [0.5, 0.6) is 0 Å². The molecule has 0 spiro atoms. The first-order chi connectivity index (χ1) is 10.0. The van der Waals surface area contributed by atoms with Gasteiger partial charge in [0.15, 0.2) is 0 Å². The predicted octanol–water partition coefficient (Wildman–Crippen LogP) is 4.05. The number of carbonyl (C=O) groups excluding carboxylic acids is 2. The summed E-state index contributed by atoms with van der Waals surface area (Å²) >= 11 is 3.33. The molecular formula is C15H14BrN3O2. The van der Waals surface area contributed by atoms with Gasteiger partial charge in [0, 0.05) is 28.5 Å². The lowest BCUT2D eigenvalue weighted by atomic mass is 10.2. The van der Waals surface area contributed by atoms with E-state index < -0.39 is 0 Å². The molecule has 3 N–H and O–H groups in total. The molecule has 0 bridgehead atoms. The zero-order valence-electron chi connectivity index (χ0n) is 11.3. The highest BCUT2D eigenvalue weighted by atomic mass is 79.9. The second-order valence-electron chi connectivity index (χ2n) is 4.35. The maximum Gasteiger partial charge on any atom is 0.323 e. The van der Waals surface area contributed by atoms with Crippen LogP contribution in [0.15, 0.2) is 53.0 Å². The van der Waals surface area contributed by atoms with Crippen LogP contribution >= 0.6 is 15.9 Å². The fourth-order valence-corrected chi connectivity index (χ4v) is 1.97. The number of urea groups is 1. The molecule has 0 unspecified atom stereocenters. The molecular weight excluding hydrogens is 334 g/mol. The molecule has 0 aliphatic carbocycles. The molecule has 0 heterocycles. The maximum absolute atomic E-state index is 11.9. The fraction of sp³-hybridized carbons (Fsp3) is 0.0667. The molecule has 2 aromatic carbocycles. The van der Waals surface area contributed by atoms with Crippen LogP contribution in [0.3, 0.4) is 0 Å². The van der Waals surface area contributed by atoms with Gasteiger partial charge in [-0.25, -0.2) is 4.79 Å². The zero-order valence-corrected chi connectivity index (χ0v) is 12.9. The molecule has 0 aromatic heterocycles. The molecule has 5 nitrogen and oxygen atoms in total. The van der Waals surface area contributed by atoms with E-state index in [4.69, 9.17) is 0 Å². The van der Waals surface area contributed by atoms with Crippen LogP contribution in [-0.2, 0) is 4.79 Å². The van der Waals surface area contributed by atoms with Crippen LogP contribution in [0.2, 0.25) is 0 Å². The second-order valence-corrected chi connectivity index (χ2v) is 5.26. The third kappa shape index (κ3) is 4.92. The van der Waals surface area contributed by atoms with Crippen molar-refractivity contribution >= 4 is 44.9 Å². The van der Waals surface area contributed by atoms with Gasteiger partial charge in [-0.1, -0.05) is 22.0 Å². The molecule has 108 valence electrons. The van der Waals surface area contributed by atoms with E-state index in [1.807, 2.05) is 12.1 Å². The smallest absolute Gasteiger partial charge is 0.323 e. The summed E-state index contributed by atoms with van der Waals surface area (Å²) in [6.07, 6.45) is 0. The van der Waals surface area contributed by atoms with Crippen molar-refractivity contribution < 1.29 is 9.59 Å². The largest absolute Gasteiger partial charge is 0.326 e. The first-order valence-electron chi connectivity index (χ1n) is 6.24. The first-order valence-corrected chi connectivity index (χ1v) is 7.03. The second kappa shape index (κ2) is 6.90. The van der Waals surface area contributed by atoms with Crippen molar-refractivity contribution in [1.82, 2.24) is 0 Å². The molecule has 0 aliphatic heterocycles. The van der Waals surface area contributed by atoms with E-state index in [0.29, 0.717) is 17.1 Å². The Labute approximate surface area is 130 Å². The van der Waals surface area contributed by atoms with Gasteiger partial charge >= 0.3 is 6.03 Å². The van der Waals surface area contributed by atoms with E-state index in [9.17, 15) is 9.59 Å². The van der Waals surface area contributed by atoms with Crippen molar-refractivity contribution in [3.8, 4) is 0 Å². The molecule has 0 atom stereocenters. The van der Waals surface area contributed by atoms with Crippen molar-refractivity contribution in [3.63, 3.8) is 0 Å². The van der Waals surface area contributed by atoms with E-state index in [1.54, 1.807) is 36.4 Å². The van der Waals surface area contributed by atoms with Gasteiger partial charge in [0.05, 0.1) is 0 Å². The summed E-state index contributed by atoms with van der Waals surface area (Å²) in [6.45, 7) is 1.43. The SMILES string of the molecule is CC(=O)Nc1cccc(NC(=O)Nc2ccc(Br)cc2)c1. The molecule has 21 heavy (non-hydrogen) atoms. The normalized spacial score (nSPS) is 9.81. The Kier molecular flexibility index (Phi) is 4.94. The quantitative estimate of drug-likeness (QED) is 0.783. The Morgan fingerprint density at radius 2 is 1.43 bits per heavy atom. The molecule has 2 aromatic rings. The summed E-state index contributed by atoms with van der Waals surface area (Å²) in [5, 5.41) is 8.08. The van der Waals surface area contributed by atoms with Crippen LogP contribution in [-0.4, -0.2) is 11.9 Å². The highest BCUT2D eigenvalue weighted by Crippen LogP contribution is 2.17. The number of amides is 3. The Hall–Kier alpha value is -2.34. The van der Waals surface area contributed by atoms with Crippen LogP contribution in [0.25, 0.3) is 0 Å². The van der Waals surface area contributed by atoms with Gasteiger partial charge in [0.2, 0.25) is 5.91 Å². The minimum atomic E-state index is -0.350. The molecule has 0 saturated heterocycles. The fourth-order valence-electron chi connectivity index (χ4n) is 1.70. The topological polar surface area (TPSA) is 70.2 Å². The minimum Gasteiger partial charge on any atom is -0.326 e. The van der Waals surface area contributed by atoms with Crippen LogP contribution in [0.1, 0.15) is 6.92 Å². The van der Waals surface area contributed by atoms with Gasteiger partial charge in [0.25, 0.3) is 0 Å². The Morgan fingerprint density at radius 1 is 0.857 bits per heavy atom. The van der Waals surface area contributed by atoms with Gasteiger partial charge in [0.1, 0.15) is 0 Å². The monoisotopic (exact) mass is 347 g/mol. The number of nitrogens with one attached hydrogen (secondary N) is 3. The highest BCUT2D eigenvalue weighted by molar-refractivity contribution is 9.10. The van der Waals surface area contributed by atoms with E-state index in [0.717, 1.165) is 4.47 Å². The number of benzene rings is 2. The van der Waals surface area contributed by atoms with E-state index >= 15 is 0 Å². The number of hydrogen-bond acceptors (Lipinski definition) is 2. The summed E-state index contributed by atoms with van der Waals surface area (Å²) in [6, 6.07) is 13.8. The standard InChI is InChI=1S/C15H14BrN3O2/c1-10(20)17-13-3-2-4-14(9-13)19-15(21)18-12-7-5-11(16)6-8-12/h2-9H,1H3,(H,17,20)(H2,18,19,21). The number of hydrogen-bond donors (Lipinski definition) is 3. The van der Waals surface area contributed by atoms with Gasteiger partial charge in [-0.3, -0.25) is 4.79 Å². The molecule has 3 amide bonds. The lowest BCUT2D eigenvalue weighted by Crippen LogP contribution is -2.19. The third-order valence-corrected chi connectivity index (χ3v) is 3.07. The third-order valence-electron chi connectivity index (χ3n) is 2.54. The lowest BCUT2D eigenvalue weighted by molar-refractivity contribution is -0.114. The van der Waals surface area contributed by atoms with Gasteiger partial charge in [-0.05, 0) is 42.5 Å². The summed E-state index contributed by atoms with van der Waals surface area (Å²) < 4.78 is 0.941. The van der Waals surface area contributed by atoms with Crippen molar-refractivity contribution in [3.05, 3.63) is 53.0 Å². The number of carbonyl (C=O) groups is 2. The summed E-state index contributed by atoms with van der Waals surface area (Å²) in [4.78, 5) is 22.9. The highest BCUT2D eigenvalue weighted by Gasteiger charge is 2.04. The first kappa shape index (κ1) is 15.1. The Balaban J connectivity index is 1.99. The van der Waals surface area contributed by atoms with Gasteiger partial charge in [-0.15, -0.1) is 0 Å². The molecule has 0 fully saturated rings. The van der Waals surface area contributed by atoms with E-state index in [2.05, 4.69) is 31.9 Å². The van der Waals surface area contributed by atoms with Crippen molar-refractivity contribution in [2.75, 3.05) is 16.0 Å². The number of rotatable bonds is 3. The molecule has 6 heteroatoms. The molecule has 0 aliphatic rings.